The molecule has 0 saturated carbocycles. The fraction of sp³-hybridized carbons (Fsp3) is 0.263. The summed E-state index contributed by atoms with van der Waals surface area (Å²) in [4.78, 5) is 23.1. The molecule has 0 aromatic heterocycles. The molecule has 24 heavy (non-hydrogen) atoms. The first kappa shape index (κ1) is 17.5. The number of urea groups is 1. The minimum absolute atomic E-state index is 0.0736. The highest BCUT2D eigenvalue weighted by molar-refractivity contribution is 6.00. The minimum Gasteiger partial charge on any atom is -0.481 e. The van der Waals surface area contributed by atoms with Gasteiger partial charge in [-0.05, 0) is 41.7 Å². The van der Waals surface area contributed by atoms with Crippen molar-refractivity contribution in [3.05, 3.63) is 59.2 Å². The zero-order chi connectivity index (χ0) is 17.5. The Morgan fingerprint density at radius 3 is 2.17 bits per heavy atom. The molecule has 0 fully saturated rings. The van der Waals surface area contributed by atoms with Crippen molar-refractivity contribution in [1.82, 2.24) is 0 Å². The fourth-order valence-electron chi connectivity index (χ4n) is 2.61. The lowest BCUT2D eigenvalue weighted by Gasteiger charge is -2.15. The molecule has 0 saturated heterocycles. The molecule has 0 spiro atoms. The zero-order valence-electron chi connectivity index (χ0n) is 13.9. The number of benzene rings is 2. The van der Waals surface area contributed by atoms with Gasteiger partial charge in [0.05, 0.1) is 6.42 Å². The molecule has 0 aliphatic heterocycles. The second-order valence-electron chi connectivity index (χ2n) is 5.51. The molecule has 0 atom stereocenters. The van der Waals surface area contributed by atoms with Crippen LogP contribution in [0.3, 0.4) is 0 Å². The lowest BCUT2D eigenvalue weighted by molar-refractivity contribution is -0.136. The second-order valence-corrected chi connectivity index (χ2v) is 5.51. The maximum Gasteiger partial charge on any atom is 0.323 e. The maximum absolute atomic E-state index is 12.3. The lowest BCUT2D eigenvalue weighted by atomic mass is 10.0. The van der Waals surface area contributed by atoms with Crippen LogP contribution in [0.2, 0.25) is 0 Å². The summed E-state index contributed by atoms with van der Waals surface area (Å²) in [6, 6.07) is 12.5. The number of hydrogen-bond donors (Lipinski definition) is 3. The third kappa shape index (κ3) is 4.59. The van der Waals surface area contributed by atoms with Crippen molar-refractivity contribution >= 4 is 23.4 Å². The maximum atomic E-state index is 12.3. The quantitative estimate of drug-likeness (QED) is 0.748. The zero-order valence-corrected chi connectivity index (χ0v) is 13.9. The Morgan fingerprint density at radius 1 is 0.958 bits per heavy atom. The summed E-state index contributed by atoms with van der Waals surface area (Å²) in [5.74, 6) is -0.902. The van der Waals surface area contributed by atoms with Gasteiger partial charge in [-0.3, -0.25) is 4.79 Å². The summed E-state index contributed by atoms with van der Waals surface area (Å²) in [5.41, 5.74) is 4.23. The van der Waals surface area contributed by atoms with Gasteiger partial charge in [0.2, 0.25) is 0 Å². The van der Waals surface area contributed by atoms with E-state index in [0.717, 1.165) is 29.7 Å². The standard InChI is InChI=1S/C19H22N2O3/c1-3-14-8-6-9-15(4-2)18(14)21-19(24)20-16-10-5-7-13(11-16)12-17(22)23/h5-11H,3-4,12H2,1-2H3,(H,22,23)(H2,20,21,24). The van der Waals surface area contributed by atoms with Gasteiger partial charge in [-0.2, -0.15) is 0 Å². The number of carbonyl (C=O) groups is 2. The lowest BCUT2D eigenvalue weighted by Crippen LogP contribution is -2.21. The van der Waals surface area contributed by atoms with E-state index in [4.69, 9.17) is 5.11 Å². The summed E-state index contributed by atoms with van der Waals surface area (Å²) in [6.45, 7) is 4.10. The average molecular weight is 326 g/mol. The van der Waals surface area contributed by atoms with Crippen LogP contribution in [0.15, 0.2) is 42.5 Å². The normalized spacial score (nSPS) is 10.2. The van der Waals surface area contributed by atoms with Crippen molar-refractivity contribution < 1.29 is 14.7 Å². The number of aliphatic carboxylic acids is 1. The number of carbonyl (C=O) groups excluding carboxylic acids is 1. The van der Waals surface area contributed by atoms with Crippen molar-refractivity contribution in [1.29, 1.82) is 0 Å². The molecule has 2 aromatic carbocycles. The van der Waals surface area contributed by atoms with Gasteiger partial charge < -0.3 is 15.7 Å². The van der Waals surface area contributed by atoms with Gasteiger partial charge in [-0.1, -0.05) is 44.2 Å². The SMILES string of the molecule is CCc1cccc(CC)c1NC(=O)Nc1cccc(CC(=O)O)c1. The Balaban J connectivity index is 2.13. The van der Waals surface area contributed by atoms with E-state index in [1.807, 2.05) is 32.0 Å². The molecule has 0 aliphatic carbocycles. The Kier molecular flexibility index (Phi) is 5.95. The second kappa shape index (κ2) is 8.15. The summed E-state index contributed by atoms with van der Waals surface area (Å²) in [5, 5.41) is 14.5. The van der Waals surface area contributed by atoms with Gasteiger partial charge in [-0.25, -0.2) is 4.79 Å². The number of hydrogen-bond acceptors (Lipinski definition) is 2. The molecular weight excluding hydrogens is 304 g/mol. The molecule has 3 N–H and O–H groups in total. The third-order valence-electron chi connectivity index (χ3n) is 3.78. The number of aryl methyl sites for hydroxylation is 2. The first-order valence-electron chi connectivity index (χ1n) is 8.03. The predicted molar refractivity (Wildman–Crippen MR) is 95.6 cm³/mol. The predicted octanol–water partition coefficient (Wildman–Crippen LogP) is 4.08. The van der Waals surface area contributed by atoms with E-state index in [2.05, 4.69) is 10.6 Å². The molecule has 2 rings (SSSR count). The molecule has 0 heterocycles. The van der Waals surface area contributed by atoms with Crippen LogP contribution in [-0.2, 0) is 24.1 Å². The van der Waals surface area contributed by atoms with Crippen molar-refractivity contribution in [2.75, 3.05) is 10.6 Å². The van der Waals surface area contributed by atoms with E-state index < -0.39 is 5.97 Å². The number of rotatable bonds is 6. The Labute approximate surface area is 141 Å². The van der Waals surface area contributed by atoms with E-state index in [1.54, 1.807) is 24.3 Å². The van der Waals surface area contributed by atoms with E-state index in [-0.39, 0.29) is 12.5 Å². The van der Waals surface area contributed by atoms with Gasteiger partial charge in [0.25, 0.3) is 0 Å². The number of amides is 2. The fourth-order valence-corrected chi connectivity index (χ4v) is 2.61. The van der Waals surface area contributed by atoms with Gasteiger partial charge in [0.1, 0.15) is 0 Å². The Hall–Kier alpha value is -2.82. The topological polar surface area (TPSA) is 78.4 Å². The number of nitrogens with one attached hydrogen (secondary N) is 2. The molecule has 2 aromatic rings. The summed E-state index contributed by atoms with van der Waals surface area (Å²) >= 11 is 0. The highest BCUT2D eigenvalue weighted by atomic mass is 16.4. The van der Waals surface area contributed by atoms with Crippen molar-refractivity contribution in [2.24, 2.45) is 0 Å². The van der Waals surface area contributed by atoms with Crippen LogP contribution in [0.4, 0.5) is 16.2 Å². The summed E-state index contributed by atoms with van der Waals surface area (Å²) < 4.78 is 0. The molecule has 0 radical (unpaired) electrons. The summed E-state index contributed by atoms with van der Waals surface area (Å²) in [7, 11) is 0. The number of anilines is 2. The average Bonchev–Trinajstić information content (AvgIpc) is 2.54. The van der Waals surface area contributed by atoms with Crippen molar-refractivity contribution in [3.8, 4) is 0 Å². The van der Waals surface area contributed by atoms with E-state index in [0.29, 0.717) is 11.3 Å². The molecule has 2 amide bonds. The third-order valence-corrected chi connectivity index (χ3v) is 3.78. The van der Waals surface area contributed by atoms with Gasteiger partial charge in [0, 0.05) is 11.4 Å². The van der Waals surface area contributed by atoms with Crippen LogP contribution in [0.5, 0.6) is 0 Å². The molecule has 0 aliphatic rings. The highest BCUT2D eigenvalue weighted by Gasteiger charge is 2.10. The van der Waals surface area contributed by atoms with Crippen LogP contribution >= 0.6 is 0 Å². The number of carboxylic acid groups (broad SMARTS) is 1. The van der Waals surface area contributed by atoms with Gasteiger partial charge in [-0.15, -0.1) is 0 Å². The van der Waals surface area contributed by atoms with Gasteiger partial charge in [0.15, 0.2) is 0 Å². The Morgan fingerprint density at radius 2 is 1.58 bits per heavy atom. The van der Waals surface area contributed by atoms with Crippen LogP contribution in [0.25, 0.3) is 0 Å². The number of para-hydroxylation sites is 1. The van der Waals surface area contributed by atoms with Crippen molar-refractivity contribution in [2.45, 2.75) is 33.1 Å². The number of carboxylic acids is 1. The molecular formula is C19H22N2O3. The molecule has 5 nitrogen and oxygen atoms in total. The molecule has 0 unspecified atom stereocenters. The highest BCUT2D eigenvalue weighted by Crippen LogP contribution is 2.23. The largest absolute Gasteiger partial charge is 0.481 e. The van der Waals surface area contributed by atoms with Crippen molar-refractivity contribution in [3.63, 3.8) is 0 Å². The van der Waals surface area contributed by atoms with Gasteiger partial charge >= 0.3 is 12.0 Å². The molecule has 126 valence electrons. The van der Waals surface area contributed by atoms with Crippen LogP contribution in [0.1, 0.15) is 30.5 Å². The van der Waals surface area contributed by atoms with Crippen LogP contribution in [0, 0.1) is 0 Å². The van der Waals surface area contributed by atoms with Crippen LogP contribution in [-0.4, -0.2) is 17.1 Å². The first-order chi connectivity index (χ1) is 11.5. The van der Waals surface area contributed by atoms with E-state index >= 15 is 0 Å². The van der Waals surface area contributed by atoms with E-state index in [1.165, 1.54) is 0 Å². The molecule has 5 heteroatoms. The monoisotopic (exact) mass is 326 g/mol. The smallest absolute Gasteiger partial charge is 0.323 e. The minimum atomic E-state index is -0.902. The van der Waals surface area contributed by atoms with E-state index in [9.17, 15) is 9.59 Å². The summed E-state index contributed by atoms with van der Waals surface area (Å²) in [6.07, 6.45) is 1.59. The first-order valence-corrected chi connectivity index (χ1v) is 8.03. The Bertz CT molecular complexity index is 719. The van der Waals surface area contributed by atoms with Crippen LogP contribution < -0.4 is 10.6 Å². The molecule has 0 bridgehead atoms.